The Hall–Kier alpha value is -0.390. The first-order valence-electron chi connectivity index (χ1n) is 6.71. The molecule has 0 aromatic carbocycles. The maximum absolute atomic E-state index is 11.6. The molecule has 0 bridgehead atoms. The highest BCUT2D eigenvalue weighted by Gasteiger charge is 2.34. The van der Waals surface area contributed by atoms with E-state index in [-0.39, 0.29) is 17.4 Å². The van der Waals surface area contributed by atoms with Crippen molar-refractivity contribution in [2.75, 3.05) is 18.6 Å². The number of hydrogen-bond acceptors (Lipinski definition) is 4. The second-order valence-corrected chi connectivity index (χ2v) is 9.73. The van der Waals surface area contributed by atoms with E-state index >= 15 is 0 Å². The molecule has 0 aliphatic carbocycles. The van der Waals surface area contributed by atoms with Crippen molar-refractivity contribution in [1.82, 2.24) is 5.32 Å². The number of thiophene rings is 1. The Morgan fingerprint density at radius 1 is 1.37 bits per heavy atom. The van der Waals surface area contributed by atoms with E-state index < -0.39 is 9.84 Å². The molecule has 1 N–H and O–H groups in total. The van der Waals surface area contributed by atoms with Crippen LogP contribution in [0.4, 0.5) is 0 Å². The molecule has 1 aromatic rings. The normalized spacial score (nSPS) is 24.5. The highest BCUT2D eigenvalue weighted by atomic mass is 32.2. The number of sulfone groups is 1. The molecular formula is C14H23NO2S2. The van der Waals surface area contributed by atoms with E-state index in [1.54, 1.807) is 11.3 Å². The van der Waals surface area contributed by atoms with E-state index in [0.717, 1.165) is 6.42 Å². The molecule has 2 atom stereocenters. The molecule has 1 saturated heterocycles. The molecule has 108 valence electrons. The SMILES string of the molecule is CNC(c1ccc(C(C)(C)C)s1)C1CCS(=O)(=O)C1. The lowest BCUT2D eigenvalue weighted by Crippen LogP contribution is -2.25. The number of nitrogens with one attached hydrogen (secondary N) is 1. The van der Waals surface area contributed by atoms with Gasteiger partial charge in [-0.15, -0.1) is 11.3 Å². The molecule has 19 heavy (non-hydrogen) atoms. The number of hydrogen-bond donors (Lipinski definition) is 1. The van der Waals surface area contributed by atoms with Crippen LogP contribution >= 0.6 is 11.3 Å². The molecular weight excluding hydrogens is 278 g/mol. The quantitative estimate of drug-likeness (QED) is 0.934. The minimum Gasteiger partial charge on any atom is -0.312 e. The summed E-state index contributed by atoms with van der Waals surface area (Å²) in [6, 6.07) is 4.49. The lowest BCUT2D eigenvalue weighted by atomic mass is 9.94. The van der Waals surface area contributed by atoms with Crippen LogP contribution in [0.3, 0.4) is 0 Å². The van der Waals surface area contributed by atoms with Crippen LogP contribution in [0.2, 0.25) is 0 Å². The van der Waals surface area contributed by atoms with Crippen LogP contribution < -0.4 is 5.32 Å². The van der Waals surface area contributed by atoms with E-state index in [9.17, 15) is 8.42 Å². The molecule has 0 radical (unpaired) electrons. The van der Waals surface area contributed by atoms with Gasteiger partial charge in [-0.05, 0) is 36.9 Å². The van der Waals surface area contributed by atoms with Gasteiger partial charge in [-0.3, -0.25) is 0 Å². The van der Waals surface area contributed by atoms with Crippen LogP contribution in [0.15, 0.2) is 12.1 Å². The fraction of sp³-hybridized carbons (Fsp3) is 0.714. The van der Waals surface area contributed by atoms with Crippen LogP contribution in [0.5, 0.6) is 0 Å². The van der Waals surface area contributed by atoms with Gasteiger partial charge in [0.1, 0.15) is 0 Å². The summed E-state index contributed by atoms with van der Waals surface area (Å²) in [6.45, 7) is 6.62. The Balaban J connectivity index is 2.21. The van der Waals surface area contributed by atoms with Crippen LogP contribution in [0.25, 0.3) is 0 Å². The lowest BCUT2D eigenvalue weighted by molar-refractivity contribution is 0.424. The van der Waals surface area contributed by atoms with Crippen molar-refractivity contribution in [2.24, 2.45) is 5.92 Å². The third kappa shape index (κ3) is 3.38. The summed E-state index contributed by atoms with van der Waals surface area (Å²) in [5.74, 6) is 0.871. The average Bonchev–Trinajstić information content (AvgIpc) is 2.86. The molecule has 2 rings (SSSR count). The minimum absolute atomic E-state index is 0.156. The third-order valence-electron chi connectivity index (χ3n) is 3.72. The first-order chi connectivity index (χ1) is 8.73. The van der Waals surface area contributed by atoms with Crippen LogP contribution in [0, 0.1) is 5.92 Å². The summed E-state index contributed by atoms with van der Waals surface area (Å²) in [7, 11) is -0.893. The molecule has 5 heteroatoms. The van der Waals surface area contributed by atoms with Gasteiger partial charge in [0.2, 0.25) is 0 Å². The molecule has 2 unspecified atom stereocenters. The predicted octanol–water partition coefficient (Wildman–Crippen LogP) is 2.74. The predicted molar refractivity (Wildman–Crippen MR) is 81.6 cm³/mol. The monoisotopic (exact) mass is 301 g/mol. The first kappa shape index (κ1) is 15.0. The standard InChI is InChI=1S/C14H23NO2S2/c1-14(2,3)12-6-5-11(18-12)13(15-4)10-7-8-19(16,17)9-10/h5-6,10,13,15H,7-9H2,1-4H3. The molecule has 3 nitrogen and oxygen atoms in total. The Morgan fingerprint density at radius 2 is 2.05 bits per heavy atom. The summed E-state index contributed by atoms with van der Waals surface area (Å²) < 4.78 is 23.3. The molecule has 1 aliphatic rings. The summed E-state index contributed by atoms with van der Waals surface area (Å²) in [4.78, 5) is 2.61. The summed E-state index contributed by atoms with van der Waals surface area (Å²) in [6.07, 6.45) is 0.774. The molecule has 0 saturated carbocycles. The van der Waals surface area contributed by atoms with E-state index in [1.807, 2.05) is 7.05 Å². The zero-order valence-corrected chi connectivity index (χ0v) is 13.7. The Bertz CT molecular complexity index is 540. The summed E-state index contributed by atoms with van der Waals surface area (Å²) in [5.41, 5.74) is 0.156. The van der Waals surface area contributed by atoms with E-state index in [2.05, 4.69) is 38.2 Å². The van der Waals surface area contributed by atoms with E-state index in [1.165, 1.54) is 9.75 Å². The molecule has 0 amide bonds. The van der Waals surface area contributed by atoms with Gasteiger partial charge in [0.25, 0.3) is 0 Å². The highest BCUT2D eigenvalue weighted by Crippen LogP contribution is 2.37. The topological polar surface area (TPSA) is 46.2 Å². The zero-order chi connectivity index (χ0) is 14.3. The molecule has 0 spiro atoms. The summed E-state index contributed by atoms with van der Waals surface area (Å²) in [5, 5.41) is 3.31. The lowest BCUT2D eigenvalue weighted by Gasteiger charge is -2.21. The molecule has 2 heterocycles. The van der Waals surface area contributed by atoms with E-state index in [4.69, 9.17) is 0 Å². The van der Waals surface area contributed by atoms with Gasteiger partial charge in [-0.25, -0.2) is 8.42 Å². The Kier molecular flexibility index (Phi) is 4.10. The van der Waals surface area contributed by atoms with E-state index in [0.29, 0.717) is 11.5 Å². The Morgan fingerprint density at radius 3 is 2.47 bits per heavy atom. The van der Waals surface area contributed by atoms with Gasteiger partial charge in [0.05, 0.1) is 11.5 Å². The third-order valence-corrected chi connectivity index (χ3v) is 7.11. The maximum Gasteiger partial charge on any atom is 0.150 e. The van der Waals surface area contributed by atoms with Gasteiger partial charge in [-0.2, -0.15) is 0 Å². The smallest absolute Gasteiger partial charge is 0.150 e. The molecule has 1 aliphatic heterocycles. The highest BCUT2D eigenvalue weighted by molar-refractivity contribution is 7.91. The van der Waals surface area contributed by atoms with Crippen LogP contribution in [-0.2, 0) is 15.3 Å². The van der Waals surface area contributed by atoms with Crippen LogP contribution in [-0.4, -0.2) is 27.0 Å². The fourth-order valence-electron chi connectivity index (χ4n) is 2.62. The van der Waals surface area contributed by atoms with Crippen LogP contribution in [0.1, 0.15) is 43.0 Å². The van der Waals surface area contributed by atoms with Crippen molar-refractivity contribution in [1.29, 1.82) is 0 Å². The van der Waals surface area contributed by atoms with Crippen molar-refractivity contribution in [2.45, 2.75) is 38.6 Å². The second kappa shape index (κ2) is 5.19. The Labute approximate surface area is 120 Å². The van der Waals surface area contributed by atoms with Gasteiger partial charge in [-0.1, -0.05) is 20.8 Å². The van der Waals surface area contributed by atoms with Gasteiger partial charge in [0, 0.05) is 15.8 Å². The zero-order valence-electron chi connectivity index (χ0n) is 12.1. The molecule has 1 fully saturated rings. The van der Waals surface area contributed by atoms with Gasteiger partial charge in [0.15, 0.2) is 9.84 Å². The minimum atomic E-state index is -2.82. The summed E-state index contributed by atoms with van der Waals surface area (Å²) >= 11 is 1.80. The number of rotatable bonds is 3. The van der Waals surface area contributed by atoms with Gasteiger partial charge < -0.3 is 5.32 Å². The second-order valence-electron chi connectivity index (χ2n) is 6.38. The van der Waals surface area contributed by atoms with Crippen molar-refractivity contribution >= 4 is 21.2 Å². The molecule has 1 aromatic heterocycles. The maximum atomic E-state index is 11.6. The van der Waals surface area contributed by atoms with Crippen molar-refractivity contribution in [3.8, 4) is 0 Å². The van der Waals surface area contributed by atoms with Crippen molar-refractivity contribution in [3.05, 3.63) is 21.9 Å². The largest absolute Gasteiger partial charge is 0.312 e. The van der Waals surface area contributed by atoms with Crippen molar-refractivity contribution < 1.29 is 8.42 Å². The first-order valence-corrected chi connectivity index (χ1v) is 9.34. The average molecular weight is 301 g/mol. The van der Waals surface area contributed by atoms with Gasteiger partial charge >= 0.3 is 0 Å². The van der Waals surface area contributed by atoms with Crippen molar-refractivity contribution in [3.63, 3.8) is 0 Å². The fourth-order valence-corrected chi connectivity index (χ4v) is 5.73.